The van der Waals surface area contributed by atoms with Crippen molar-refractivity contribution in [2.45, 2.75) is 72.1 Å². The Hall–Kier alpha value is -1.54. The van der Waals surface area contributed by atoms with Crippen LogP contribution in [0.25, 0.3) is 0 Å². The van der Waals surface area contributed by atoms with Crippen LogP contribution in [-0.2, 0) is 19.1 Å². The summed E-state index contributed by atoms with van der Waals surface area (Å²) in [5.74, 6) is -2.22. The lowest BCUT2D eigenvalue weighted by Crippen LogP contribution is -2.33. The van der Waals surface area contributed by atoms with Crippen molar-refractivity contribution in [2.24, 2.45) is 11.8 Å². The molecule has 0 aromatic heterocycles. The minimum atomic E-state index is -0.917. The first-order valence-electron chi connectivity index (χ1n) is 9.31. The van der Waals surface area contributed by atoms with E-state index in [0.717, 1.165) is 19.3 Å². The normalized spacial score (nSPS) is 11.7. The smallest absolute Gasteiger partial charge is 0.320 e. The first kappa shape index (κ1) is 22.5. The Morgan fingerprint density at radius 3 is 1.88 bits per heavy atom. The topological polar surface area (TPSA) is 52.6 Å². The Morgan fingerprint density at radius 1 is 0.917 bits per heavy atom. The number of hydrogen-bond acceptors (Lipinski definition) is 4. The van der Waals surface area contributed by atoms with Crippen molar-refractivity contribution in [1.82, 2.24) is 0 Å². The van der Waals surface area contributed by atoms with E-state index in [9.17, 15) is 9.59 Å². The molecule has 0 saturated heterocycles. The van der Waals surface area contributed by atoms with Crippen LogP contribution in [0.2, 0.25) is 0 Å². The Labute approximate surface area is 147 Å². The Bertz CT molecular complexity index is 378. The molecule has 0 aliphatic heterocycles. The van der Waals surface area contributed by atoms with Gasteiger partial charge in [-0.15, -0.1) is 5.73 Å². The van der Waals surface area contributed by atoms with E-state index in [1.807, 2.05) is 0 Å². The van der Waals surface area contributed by atoms with E-state index in [1.165, 1.54) is 32.1 Å². The average molecular weight is 338 g/mol. The highest BCUT2D eigenvalue weighted by Gasteiger charge is 2.35. The number of carbonyl (C=O) groups is 2. The van der Waals surface area contributed by atoms with E-state index in [-0.39, 0.29) is 19.1 Å². The molecule has 0 saturated carbocycles. The van der Waals surface area contributed by atoms with Gasteiger partial charge in [0, 0.05) is 5.92 Å². The van der Waals surface area contributed by atoms with Gasteiger partial charge in [-0.3, -0.25) is 9.59 Å². The van der Waals surface area contributed by atoms with Crippen LogP contribution in [0.4, 0.5) is 0 Å². The van der Waals surface area contributed by atoms with E-state index >= 15 is 0 Å². The average Bonchev–Trinajstić information content (AvgIpc) is 2.54. The number of unbranched alkanes of at least 4 members (excludes halogenated alkanes) is 6. The first-order chi connectivity index (χ1) is 11.6. The van der Waals surface area contributed by atoms with Crippen molar-refractivity contribution >= 4 is 11.9 Å². The second-order valence-corrected chi connectivity index (χ2v) is 5.93. The maximum Gasteiger partial charge on any atom is 0.320 e. The maximum atomic E-state index is 12.2. The quantitative estimate of drug-likeness (QED) is 0.197. The summed E-state index contributed by atoms with van der Waals surface area (Å²) in [6.07, 6.45) is 10.7. The van der Waals surface area contributed by atoms with Gasteiger partial charge in [0.15, 0.2) is 5.92 Å². The van der Waals surface area contributed by atoms with E-state index < -0.39 is 17.9 Å². The highest BCUT2D eigenvalue weighted by Crippen LogP contribution is 2.24. The largest absolute Gasteiger partial charge is 0.465 e. The lowest BCUT2D eigenvalue weighted by atomic mass is 9.87. The maximum absolute atomic E-state index is 12.2. The van der Waals surface area contributed by atoms with E-state index in [0.29, 0.717) is 0 Å². The number of hydrogen-bond donors (Lipinski definition) is 0. The van der Waals surface area contributed by atoms with Crippen LogP contribution >= 0.6 is 0 Å². The zero-order chi connectivity index (χ0) is 18.2. The molecule has 4 nitrogen and oxygen atoms in total. The summed E-state index contributed by atoms with van der Waals surface area (Å²) in [4.78, 5) is 24.4. The molecule has 0 aliphatic rings. The van der Waals surface area contributed by atoms with E-state index in [4.69, 9.17) is 9.47 Å². The fourth-order valence-electron chi connectivity index (χ4n) is 2.74. The molecule has 0 aromatic carbocycles. The summed E-state index contributed by atoms with van der Waals surface area (Å²) in [7, 11) is 0. The molecule has 0 unspecified atom stereocenters. The van der Waals surface area contributed by atoms with Crippen LogP contribution in [0.15, 0.2) is 18.4 Å². The van der Waals surface area contributed by atoms with Crippen LogP contribution < -0.4 is 0 Å². The number of allylic oxidation sites excluding steroid dienone is 1. The fourth-order valence-corrected chi connectivity index (χ4v) is 2.74. The fraction of sp³-hybridized carbons (Fsp3) is 0.750. The third-order valence-electron chi connectivity index (χ3n) is 3.98. The molecule has 0 heterocycles. The molecule has 24 heavy (non-hydrogen) atoms. The molecule has 0 fully saturated rings. The summed E-state index contributed by atoms with van der Waals surface area (Å²) >= 11 is 0. The number of carbonyl (C=O) groups excluding carboxylic acids is 2. The van der Waals surface area contributed by atoms with Gasteiger partial charge in [0.2, 0.25) is 0 Å². The van der Waals surface area contributed by atoms with E-state index in [1.54, 1.807) is 19.9 Å². The van der Waals surface area contributed by atoms with Gasteiger partial charge in [-0.05, 0) is 26.3 Å². The predicted octanol–water partition coefficient (Wildman–Crippen LogP) is 4.83. The van der Waals surface area contributed by atoms with Crippen molar-refractivity contribution in [3.05, 3.63) is 18.4 Å². The number of ether oxygens (including phenoxy) is 2. The van der Waals surface area contributed by atoms with Crippen LogP contribution in [-0.4, -0.2) is 25.2 Å². The zero-order valence-electron chi connectivity index (χ0n) is 15.6. The molecule has 0 radical (unpaired) electrons. The Kier molecular flexibility index (Phi) is 14.1. The molecule has 0 N–H and O–H groups in total. The van der Waals surface area contributed by atoms with Crippen LogP contribution in [0, 0.1) is 11.8 Å². The molecular weight excluding hydrogens is 304 g/mol. The second-order valence-electron chi connectivity index (χ2n) is 5.93. The summed E-state index contributed by atoms with van der Waals surface area (Å²) in [6, 6.07) is 0. The van der Waals surface area contributed by atoms with Gasteiger partial charge in [-0.1, -0.05) is 58.4 Å². The Morgan fingerprint density at radius 2 is 1.42 bits per heavy atom. The number of rotatable bonds is 14. The molecule has 4 heteroatoms. The summed E-state index contributed by atoms with van der Waals surface area (Å²) < 4.78 is 10.1. The second kappa shape index (κ2) is 15.0. The third-order valence-corrected chi connectivity index (χ3v) is 3.98. The third kappa shape index (κ3) is 9.57. The highest BCUT2D eigenvalue weighted by atomic mass is 16.6. The van der Waals surface area contributed by atoms with Crippen LogP contribution in [0.3, 0.4) is 0 Å². The SMILES string of the molecule is C=C=C[C@H](CCCCCCCCC)C(C(=O)OCC)C(=O)OCC. The lowest BCUT2D eigenvalue weighted by Gasteiger charge is -2.21. The standard InChI is InChI=1S/C20H34O4/c1-5-9-10-11-12-13-14-16-17(15-6-2)18(19(21)23-7-3)20(22)24-8-4/h15,17-18H,2,5,7-14,16H2,1,3-4H3/t17-/m1/s1. The van der Waals surface area contributed by atoms with Gasteiger partial charge in [0.1, 0.15) is 0 Å². The number of esters is 2. The van der Waals surface area contributed by atoms with Gasteiger partial charge in [0.05, 0.1) is 13.2 Å². The van der Waals surface area contributed by atoms with Crippen molar-refractivity contribution in [2.75, 3.05) is 13.2 Å². The van der Waals surface area contributed by atoms with Gasteiger partial charge in [-0.2, -0.15) is 0 Å². The van der Waals surface area contributed by atoms with Crippen LogP contribution in [0.5, 0.6) is 0 Å². The van der Waals surface area contributed by atoms with Gasteiger partial charge in [-0.25, -0.2) is 0 Å². The van der Waals surface area contributed by atoms with Gasteiger partial charge < -0.3 is 9.47 Å². The molecule has 0 spiro atoms. The lowest BCUT2D eigenvalue weighted by molar-refractivity contribution is -0.163. The molecule has 0 aliphatic carbocycles. The molecule has 1 atom stereocenters. The van der Waals surface area contributed by atoms with Crippen molar-refractivity contribution in [1.29, 1.82) is 0 Å². The minimum absolute atomic E-state index is 0.247. The van der Waals surface area contributed by atoms with Crippen molar-refractivity contribution < 1.29 is 19.1 Å². The highest BCUT2D eigenvalue weighted by molar-refractivity contribution is 5.95. The summed E-state index contributed by atoms with van der Waals surface area (Å²) in [6.45, 7) is 9.75. The molecule has 0 rings (SSSR count). The molecule has 0 aromatic rings. The molecule has 138 valence electrons. The Balaban J connectivity index is 4.65. The van der Waals surface area contributed by atoms with Crippen molar-refractivity contribution in [3.8, 4) is 0 Å². The van der Waals surface area contributed by atoms with Crippen LogP contribution in [0.1, 0.15) is 72.1 Å². The zero-order valence-corrected chi connectivity index (χ0v) is 15.6. The first-order valence-corrected chi connectivity index (χ1v) is 9.31. The minimum Gasteiger partial charge on any atom is -0.465 e. The van der Waals surface area contributed by atoms with E-state index in [2.05, 4.69) is 19.2 Å². The van der Waals surface area contributed by atoms with Crippen molar-refractivity contribution in [3.63, 3.8) is 0 Å². The molecular formula is C20H34O4. The predicted molar refractivity (Wildman–Crippen MR) is 96.6 cm³/mol. The van der Waals surface area contributed by atoms with Gasteiger partial charge >= 0.3 is 11.9 Å². The van der Waals surface area contributed by atoms with Gasteiger partial charge in [0.25, 0.3) is 0 Å². The summed E-state index contributed by atoms with van der Waals surface area (Å²) in [5, 5.41) is 0. The molecule has 0 bridgehead atoms. The summed E-state index contributed by atoms with van der Waals surface area (Å²) in [5.41, 5.74) is 2.72. The monoisotopic (exact) mass is 338 g/mol. The molecule has 0 amide bonds.